The Kier molecular flexibility index (Phi) is 4.89. The van der Waals surface area contributed by atoms with Crippen molar-refractivity contribution in [2.45, 2.75) is 16.8 Å². The van der Waals surface area contributed by atoms with Crippen molar-refractivity contribution in [3.63, 3.8) is 0 Å². The molecule has 3 aromatic rings. The zero-order chi connectivity index (χ0) is 16.2. The number of aryl methyl sites for hydroxylation is 1. The molecule has 0 atom stereocenters. The number of halogens is 1. The third-order valence-electron chi connectivity index (χ3n) is 3.57. The van der Waals surface area contributed by atoms with E-state index in [1.165, 1.54) is 10.5 Å². The van der Waals surface area contributed by atoms with Gasteiger partial charge in [-0.2, -0.15) is 5.01 Å². The molecule has 3 rings (SSSR count). The minimum Gasteiger partial charge on any atom is -0.151 e. The first-order chi connectivity index (χ1) is 11.1. The average molecular weight is 342 g/mol. The monoisotopic (exact) mass is 341 g/mol. The van der Waals surface area contributed by atoms with E-state index in [0.29, 0.717) is 0 Å². The van der Waals surface area contributed by atoms with Crippen molar-refractivity contribution in [3.05, 3.63) is 83.5 Å². The van der Waals surface area contributed by atoms with Crippen LogP contribution in [0, 0.1) is 6.92 Å². The summed E-state index contributed by atoms with van der Waals surface area (Å²) in [7, 11) is 2.04. The number of aromatic nitrogens is 1. The molecule has 116 valence electrons. The van der Waals surface area contributed by atoms with Gasteiger partial charge in [0.1, 0.15) is 0 Å². The summed E-state index contributed by atoms with van der Waals surface area (Å²) >= 11 is 7.73. The minimum atomic E-state index is 0.745. The highest BCUT2D eigenvalue weighted by atomic mass is 35.5. The first-order valence-corrected chi connectivity index (χ1v) is 8.58. The molecule has 0 fully saturated rings. The molecule has 0 radical (unpaired) electrons. The van der Waals surface area contributed by atoms with Gasteiger partial charge in [-0.1, -0.05) is 34.0 Å². The van der Waals surface area contributed by atoms with Crippen molar-refractivity contribution in [1.29, 1.82) is 0 Å². The van der Waals surface area contributed by atoms with Crippen molar-refractivity contribution in [1.82, 2.24) is 0 Å². The quantitative estimate of drug-likeness (QED) is 0.617. The topological polar surface area (TPSA) is 7.12 Å². The maximum atomic E-state index is 5.98. The number of benzene rings is 2. The van der Waals surface area contributed by atoms with Gasteiger partial charge in [0.2, 0.25) is 6.20 Å². The lowest BCUT2D eigenvalue weighted by Crippen LogP contribution is -2.53. The Morgan fingerprint density at radius 3 is 2.30 bits per heavy atom. The van der Waals surface area contributed by atoms with E-state index in [4.69, 9.17) is 11.6 Å². The summed E-state index contributed by atoms with van der Waals surface area (Å²) in [5.74, 6) is 0. The van der Waals surface area contributed by atoms with Crippen LogP contribution in [0.5, 0.6) is 0 Å². The van der Waals surface area contributed by atoms with Crippen LogP contribution in [0.3, 0.4) is 0 Å². The molecule has 0 bridgehead atoms. The van der Waals surface area contributed by atoms with Crippen molar-refractivity contribution in [2.24, 2.45) is 0 Å². The summed E-state index contributed by atoms with van der Waals surface area (Å²) in [4.78, 5) is 1.22. The van der Waals surface area contributed by atoms with E-state index in [1.54, 1.807) is 11.8 Å². The van der Waals surface area contributed by atoms with Crippen LogP contribution in [0.1, 0.15) is 5.56 Å². The summed E-state index contributed by atoms with van der Waals surface area (Å²) in [6.07, 6.45) is 2.06. The molecular formula is C19H18ClN2S+. The Labute approximate surface area is 146 Å². The van der Waals surface area contributed by atoms with Crippen LogP contribution in [0.2, 0.25) is 5.02 Å². The number of nitrogens with zero attached hydrogens (tertiary/aromatic N) is 2. The SMILES string of the molecule is Cc1ccc(Sc2cccc[n+]2N(C)c2ccc(Cl)cc2)cc1. The Morgan fingerprint density at radius 2 is 1.61 bits per heavy atom. The molecule has 23 heavy (non-hydrogen) atoms. The van der Waals surface area contributed by atoms with Crippen LogP contribution >= 0.6 is 23.4 Å². The maximum Gasteiger partial charge on any atom is 0.274 e. The Bertz CT molecular complexity index is 785. The fourth-order valence-corrected chi connectivity index (χ4v) is 3.32. The second kappa shape index (κ2) is 7.07. The van der Waals surface area contributed by atoms with Crippen LogP contribution < -0.4 is 9.69 Å². The molecule has 4 heteroatoms. The molecule has 0 aliphatic heterocycles. The predicted octanol–water partition coefficient (Wildman–Crippen LogP) is 4.99. The second-order valence-corrected chi connectivity index (χ2v) is 6.83. The highest BCUT2D eigenvalue weighted by Crippen LogP contribution is 2.25. The van der Waals surface area contributed by atoms with Gasteiger partial charge in [-0.25, -0.2) is 0 Å². The number of anilines is 1. The largest absolute Gasteiger partial charge is 0.274 e. The number of hydrogen-bond donors (Lipinski definition) is 0. The molecule has 2 nitrogen and oxygen atoms in total. The number of hydrogen-bond acceptors (Lipinski definition) is 2. The summed E-state index contributed by atoms with van der Waals surface area (Å²) in [5.41, 5.74) is 2.35. The summed E-state index contributed by atoms with van der Waals surface area (Å²) < 4.78 is 2.13. The molecule has 2 aromatic carbocycles. The molecule has 0 N–H and O–H groups in total. The first kappa shape index (κ1) is 15.9. The van der Waals surface area contributed by atoms with Crippen molar-refractivity contribution in [3.8, 4) is 0 Å². The average Bonchev–Trinajstić information content (AvgIpc) is 2.57. The molecule has 0 spiro atoms. The van der Waals surface area contributed by atoms with E-state index >= 15 is 0 Å². The van der Waals surface area contributed by atoms with Gasteiger partial charge in [0.25, 0.3) is 5.03 Å². The maximum absolute atomic E-state index is 5.98. The van der Waals surface area contributed by atoms with Gasteiger partial charge < -0.3 is 0 Å². The summed E-state index contributed by atoms with van der Waals surface area (Å²) in [6.45, 7) is 2.10. The van der Waals surface area contributed by atoms with E-state index in [-0.39, 0.29) is 0 Å². The van der Waals surface area contributed by atoms with Crippen molar-refractivity contribution < 1.29 is 4.68 Å². The highest BCUT2D eigenvalue weighted by Gasteiger charge is 2.17. The molecule has 0 aliphatic rings. The van der Waals surface area contributed by atoms with Gasteiger partial charge in [-0.3, -0.25) is 0 Å². The number of pyridine rings is 1. The van der Waals surface area contributed by atoms with Gasteiger partial charge in [0, 0.05) is 22.1 Å². The first-order valence-electron chi connectivity index (χ1n) is 7.38. The van der Waals surface area contributed by atoms with Gasteiger partial charge >= 0.3 is 0 Å². The molecule has 0 aliphatic carbocycles. The van der Waals surface area contributed by atoms with Crippen molar-refractivity contribution >= 4 is 29.1 Å². The Morgan fingerprint density at radius 1 is 0.913 bits per heavy atom. The normalized spacial score (nSPS) is 10.6. The van der Waals surface area contributed by atoms with E-state index < -0.39 is 0 Å². The predicted molar refractivity (Wildman–Crippen MR) is 97.2 cm³/mol. The van der Waals surface area contributed by atoms with Crippen molar-refractivity contribution in [2.75, 3.05) is 12.1 Å². The molecule has 0 saturated carbocycles. The molecule has 1 heterocycles. The zero-order valence-electron chi connectivity index (χ0n) is 13.1. The van der Waals surface area contributed by atoms with Gasteiger partial charge in [0.15, 0.2) is 0 Å². The van der Waals surface area contributed by atoms with E-state index in [0.717, 1.165) is 15.7 Å². The molecule has 0 saturated heterocycles. The lowest BCUT2D eigenvalue weighted by Gasteiger charge is -2.14. The van der Waals surface area contributed by atoms with Crippen LogP contribution in [-0.2, 0) is 0 Å². The summed E-state index contributed by atoms with van der Waals surface area (Å²) in [6, 6.07) is 22.6. The number of rotatable bonds is 4. The van der Waals surface area contributed by atoms with Crippen LogP contribution in [0.25, 0.3) is 0 Å². The van der Waals surface area contributed by atoms with Gasteiger partial charge in [-0.05, 0) is 61.2 Å². The standard InChI is InChI=1S/C19H18ClN2S/c1-15-6-12-18(13-7-15)23-19-5-3-4-14-22(19)21(2)17-10-8-16(20)9-11-17/h3-14H,1-2H3/q+1. The second-order valence-electron chi connectivity index (χ2n) is 5.30. The third-order valence-corrected chi connectivity index (χ3v) is 4.86. The Hall–Kier alpha value is -1.97. The summed E-state index contributed by atoms with van der Waals surface area (Å²) in [5, 5.41) is 4.00. The highest BCUT2D eigenvalue weighted by molar-refractivity contribution is 7.99. The van der Waals surface area contributed by atoms with Gasteiger partial charge in [-0.15, -0.1) is 0 Å². The van der Waals surface area contributed by atoms with Crippen LogP contribution in [0.4, 0.5) is 5.69 Å². The third kappa shape index (κ3) is 3.87. The lowest BCUT2D eigenvalue weighted by atomic mass is 10.2. The van der Waals surface area contributed by atoms with E-state index in [1.807, 2.05) is 37.4 Å². The zero-order valence-corrected chi connectivity index (χ0v) is 14.7. The molecule has 1 aromatic heterocycles. The minimum absolute atomic E-state index is 0.745. The molecular weight excluding hydrogens is 324 g/mol. The molecule has 0 amide bonds. The lowest BCUT2D eigenvalue weighted by molar-refractivity contribution is -0.717. The smallest absolute Gasteiger partial charge is 0.151 e. The van der Waals surface area contributed by atoms with E-state index in [9.17, 15) is 0 Å². The molecule has 0 unspecified atom stereocenters. The van der Waals surface area contributed by atoms with Crippen LogP contribution in [0.15, 0.2) is 82.8 Å². The fourth-order valence-electron chi connectivity index (χ4n) is 2.26. The van der Waals surface area contributed by atoms with Gasteiger partial charge in [0.05, 0.1) is 12.7 Å². The van der Waals surface area contributed by atoms with E-state index in [2.05, 4.69) is 59.2 Å². The fraction of sp³-hybridized carbons (Fsp3) is 0.105. The van der Waals surface area contributed by atoms with Crippen LogP contribution in [-0.4, -0.2) is 7.05 Å². The Balaban J connectivity index is 1.90.